The van der Waals surface area contributed by atoms with Crippen LogP contribution in [-0.2, 0) is 11.2 Å². The van der Waals surface area contributed by atoms with Crippen molar-refractivity contribution >= 4 is 40.0 Å². The Morgan fingerprint density at radius 2 is 1.83 bits per heavy atom. The number of ether oxygens (including phenoxy) is 1. The fraction of sp³-hybridized carbons (Fsp3) is 0.429. The predicted molar refractivity (Wildman–Crippen MR) is 141 cm³/mol. The van der Waals surface area contributed by atoms with Gasteiger partial charge in [-0.1, -0.05) is 47.5 Å². The van der Waals surface area contributed by atoms with Gasteiger partial charge in [-0.3, -0.25) is 14.7 Å². The lowest BCUT2D eigenvalue weighted by Crippen LogP contribution is -2.53. The van der Waals surface area contributed by atoms with Crippen LogP contribution < -0.4 is 0 Å². The standard InChI is InChI=1S/C28H31Cl2N3O2/c1-35-27-18-33(13-9-20(27)16-19-6-7-24(29)25(30)17-19)21-10-14-32(15-11-21)28(34)23-8-12-31-26-5-3-2-4-22(23)26/h2-8,12,17,20-21,27H,9-11,13-16,18H2,1H3/t20-,27-/m1/s1. The van der Waals surface area contributed by atoms with Gasteiger partial charge in [0, 0.05) is 44.4 Å². The highest BCUT2D eigenvalue weighted by atomic mass is 35.5. The van der Waals surface area contributed by atoms with Crippen molar-refractivity contribution in [3.05, 3.63) is 75.9 Å². The lowest BCUT2D eigenvalue weighted by molar-refractivity contribution is -0.0325. The van der Waals surface area contributed by atoms with E-state index in [-0.39, 0.29) is 12.0 Å². The first-order valence-corrected chi connectivity index (χ1v) is 13.1. The number of hydrogen-bond donors (Lipinski definition) is 0. The van der Waals surface area contributed by atoms with Crippen LogP contribution in [0.25, 0.3) is 10.9 Å². The summed E-state index contributed by atoms with van der Waals surface area (Å²) in [7, 11) is 1.82. The molecule has 0 radical (unpaired) electrons. The molecule has 0 saturated carbocycles. The Balaban J connectivity index is 1.18. The van der Waals surface area contributed by atoms with E-state index in [2.05, 4.69) is 16.0 Å². The number of amides is 1. The molecule has 1 aromatic heterocycles. The second kappa shape index (κ2) is 10.8. The Labute approximate surface area is 217 Å². The van der Waals surface area contributed by atoms with Gasteiger partial charge >= 0.3 is 0 Å². The first kappa shape index (κ1) is 24.5. The summed E-state index contributed by atoms with van der Waals surface area (Å²) in [5.74, 6) is 0.562. The van der Waals surface area contributed by atoms with Crippen molar-refractivity contribution in [1.29, 1.82) is 0 Å². The van der Waals surface area contributed by atoms with Crippen molar-refractivity contribution in [3.63, 3.8) is 0 Å². The normalized spacial score (nSPS) is 22.0. The average Bonchev–Trinajstić information content (AvgIpc) is 2.90. The minimum Gasteiger partial charge on any atom is -0.380 e. The number of halogens is 2. The number of likely N-dealkylation sites (tertiary alicyclic amines) is 2. The number of nitrogens with zero attached hydrogens (tertiary/aromatic N) is 3. The summed E-state index contributed by atoms with van der Waals surface area (Å²) in [4.78, 5) is 22.3. The van der Waals surface area contributed by atoms with E-state index in [4.69, 9.17) is 27.9 Å². The molecule has 7 heteroatoms. The lowest BCUT2D eigenvalue weighted by atomic mass is 9.86. The SMILES string of the molecule is CO[C@@H]1CN(C2CCN(C(=O)c3ccnc4ccccc34)CC2)CC[C@@H]1Cc1ccc(Cl)c(Cl)c1. The summed E-state index contributed by atoms with van der Waals surface area (Å²) in [5, 5.41) is 2.13. The fourth-order valence-corrected chi connectivity index (χ4v) is 6.00. The van der Waals surface area contributed by atoms with Gasteiger partial charge in [-0.15, -0.1) is 0 Å². The van der Waals surface area contributed by atoms with Crippen molar-refractivity contribution in [2.75, 3.05) is 33.3 Å². The van der Waals surface area contributed by atoms with E-state index in [1.165, 1.54) is 5.56 Å². The van der Waals surface area contributed by atoms with Crippen molar-refractivity contribution in [1.82, 2.24) is 14.8 Å². The molecule has 2 aliphatic rings. The number of para-hydroxylation sites is 1. The number of hydrogen-bond acceptors (Lipinski definition) is 4. The summed E-state index contributed by atoms with van der Waals surface area (Å²) < 4.78 is 5.94. The summed E-state index contributed by atoms with van der Waals surface area (Å²) in [6.07, 6.45) is 5.92. The largest absolute Gasteiger partial charge is 0.380 e. The van der Waals surface area contributed by atoms with E-state index in [1.54, 1.807) is 6.20 Å². The van der Waals surface area contributed by atoms with Gasteiger partial charge in [-0.05, 0) is 68.0 Å². The fourth-order valence-electron chi connectivity index (χ4n) is 5.68. The summed E-state index contributed by atoms with van der Waals surface area (Å²) in [5.41, 5.74) is 2.81. The van der Waals surface area contributed by atoms with Gasteiger partial charge in [0.15, 0.2) is 0 Å². The number of rotatable bonds is 5. The van der Waals surface area contributed by atoms with E-state index in [1.807, 2.05) is 54.5 Å². The molecule has 2 atom stereocenters. The highest BCUT2D eigenvalue weighted by Gasteiger charge is 2.35. The molecule has 3 heterocycles. The van der Waals surface area contributed by atoms with Crippen LogP contribution in [0, 0.1) is 5.92 Å². The van der Waals surface area contributed by atoms with E-state index in [9.17, 15) is 4.79 Å². The van der Waals surface area contributed by atoms with Crippen LogP contribution in [-0.4, -0.2) is 66.1 Å². The number of carbonyl (C=O) groups excluding carboxylic acids is 1. The van der Waals surface area contributed by atoms with Crippen LogP contribution in [0.5, 0.6) is 0 Å². The molecule has 5 rings (SSSR count). The van der Waals surface area contributed by atoms with Gasteiger partial charge in [0.05, 0.1) is 27.2 Å². The first-order valence-electron chi connectivity index (χ1n) is 12.4. The van der Waals surface area contributed by atoms with Crippen molar-refractivity contribution < 1.29 is 9.53 Å². The Morgan fingerprint density at radius 1 is 1.03 bits per heavy atom. The van der Waals surface area contributed by atoms with Crippen LogP contribution >= 0.6 is 23.2 Å². The molecule has 0 N–H and O–H groups in total. The van der Waals surface area contributed by atoms with Gasteiger partial charge in [-0.25, -0.2) is 0 Å². The zero-order valence-corrected chi connectivity index (χ0v) is 21.5. The molecule has 2 fully saturated rings. The number of fused-ring (bicyclic) bond motifs is 1. The molecule has 5 nitrogen and oxygen atoms in total. The molecule has 0 aliphatic carbocycles. The maximum absolute atomic E-state index is 13.3. The van der Waals surface area contributed by atoms with Crippen molar-refractivity contribution in [3.8, 4) is 0 Å². The second-order valence-electron chi connectivity index (χ2n) is 9.67. The third-order valence-electron chi connectivity index (χ3n) is 7.66. The third kappa shape index (κ3) is 5.34. The molecule has 0 unspecified atom stereocenters. The minimum absolute atomic E-state index is 0.108. The van der Waals surface area contributed by atoms with E-state index in [0.717, 1.165) is 68.3 Å². The van der Waals surface area contributed by atoms with Crippen LogP contribution in [0.1, 0.15) is 35.2 Å². The lowest BCUT2D eigenvalue weighted by Gasteiger charge is -2.44. The number of methoxy groups -OCH3 is 1. The maximum Gasteiger partial charge on any atom is 0.254 e. The summed E-state index contributed by atoms with van der Waals surface area (Å²) in [6, 6.07) is 16.1. The predicted octanol–water partition coefficient (Wildman–Crippen LogP) is 5.73. The van der Waals surface area contributed by atoms with Crippen LogP contribution in [0.3, 0.4) is 0 Å². The molecule has 0 bridgehead atoms. The van der Waals surface area contributed by atoms with Crippen LogP contribution in [0.4, 0.5) is 0 Å². The molecule has 35 heavy (non-hydrogen) atoms. The van der Waals surface area contributed by atoms with E-state index < -0.39 is 0 Å². The zero-order valence-electron chi connectivity index (χ0n) is 20.0. The first-order chi connectivity index (χ1) is 17.0. The molecule has 3 aromatic rings. The number of piperidine rings is 2. The topological polar surface area (TPSA) is 45.7 Å². The van der Waals surface area contributed by atoms with Crippen molar-refractivity contribution in [2.45, 2.75) is 37.8 Å². The number of carbonyl (C=O) groups is 1. The van der Waals surface area contributed by atoms with Crippen LogP contribution in [0.15, 0.2) is 54.7 Å². The molecule has 0 spiro atoms. The quantitative estimate of drug-likeness (QED) is 0.439. The molecular formula is C28H31Cl2N3O2. The molecular weight excluding hydrogens is 481 g/mol. The van der Waals surface area contributed by atoms with Gasteiger partial charge in [0.1, 0.15) is 0 Å². The number of aromatic nitrogens is 1. The Morgan fingerprint density at radius 3 is 2.60 bits per heavy atom. The van der Waals surface area contributed by atoms with Crippen LogP contribution in [0.2, 0.25) is 10.0 Å². The summed E-state index contributed by atoms with van der Waals surface area (Å²) in [6.45, 7) is 3.54. The highest BCUT2D eigenvalue weighted by molar-refractivity contribution is 6.42. The Kier molecular flexibility index (Phi) is 7.59. The minimum atomic E-state index is 0.108. The average molecular weight is 512 g/mol. The van der Waals surface area contributed by atoms with E-state index in [0.29, 0.717) is 22.0 Å². The summed E-state index contributed by atoms with van der Waals surface area (Å²) >= 11 is 12.3. The monoisotopic (exact) mass is 511 g/mol. The van der Waals surface area contributed by atoms with Gasteiger partial charge in [0.2, 0.25) is 0 Å². The molecule has 1 amide bonds. The molecule has 184 valence electrons. The maximum atomic E-state index is 13.3. The highest BCUT2D eigenvalue weighted by Crippen LogP contribution is 2.30. The molecule has 2 aromatic carbocycles. The Hall–Kier alpha value is -2.18. The smallest absolute Gasteiger partial charge is 0.254 e. The van der Waals surface area contributed by atoms with Crippen molar-refractivity contribution in [2.24, 2.45) is 5.92 Å². The molecule has 2 saturated heterocycles. The number of pyridine rings is 1. The third-order valence-corrected chi connectivity index (χ3v) is 8.40. The second-order valence-corrected chi connectivity index (χ2v) is 10.5. The van der Waals surface area contributed by atoms with Gasteiger partial charge in [-0.2, -0.15) is 0 Å². The number of benzene rings is 2. The Bertz CT molecular complexity index is 1190. The molecule has 2 aliphatic heterocycles. The zero-order chi connectivity index (χ0) is 24.4. The van der Waals surface area contributed by atoms with Gasteiger partial charge < -0.3 is 9.64 Å². The van der Waals surface area contributed by atoms with Gasteiger partial charge in [0.25, 0.3) is 5.91 Å². The van der Waals surface area contributed by atoms with E-state index >= 15 is 0 Å².